The van der Waals surface area contributed by atoms with E-state index in [0.717, 1.165) is 28.3 Å². The van der Waals surface area contributed by atoms with E-state index in [4.69, 9.17) is 33.0 Å². The molecule has 0 atom stereocenters. The molecule has 5 nitrogen and oxygen atoms in total. The molecule has 0 radical (unpaired) electrons. The standard InChI is InChI=1S/C24H19Cl2NO4/c1-31-22-9-6-17(16-4-2-3-15(11-16)5-10-23(28)29)12-18(22)14-27-24(30)20-8-7-19(25)13-21(20)26/h2-13H,14H2,1H3,(H,27,30)(H,28,29). The molecule has 0 aliphatic carbocycles. The van der Waals surface area contributed by atoms with Crippen LogP contribution in [0.3, 0.4) is 0 Å². The molecule has 7 heteroatoms. The number of aliphatic carboxylic acids is 1. The van der Waals surface area contributed by atoms with Crippen molar-refractivity contribution in [3.63, 3.8) is 0 Å². The van der Waals surface area contributed by atoms with E-state index in [0.29, 0.717) is 16.3 Å². The number of hydrogen-bond donors (Lipinski definition) is 2. The van der Waals surface area contributed by atoms with Gasteiger partial charge in [-0.1, -0.05) is 47.5 Å². The first kappa shape index (κ1) is 22.4. The van der Waals surface area contributed by atoms with Crippen LogP contribution < -0.4 is 10.1 Å². The fraction of sp³-hybridized carbons (Fsp3) is 0.0833. The second-order valence-electron chi connectivity index (χ2n) is 6.63. The van der Waals surface area contributed by atoms with Gasteiger partial charge in [0.25, 0.3) is 5.91 Å². The molecule has 0 saturated carbocycles. The van der Waals surface area contributed by atoms with Crippen molar-refractivity contribution in [2.45, 2.75) is 6.54 Å². The number of carboxylic acids is 1. The zero-order chi connectivity index (χ0) is 22.4. The fourth-order valence-corrected chi connectivity index (χ4v) is 3.52. The fourth-order valence-electron chi connectivity index (χ4n) is 3.03. The monoisotopic (exact) mass is 455 g/mol. The Morgan fingerprint density at radius 3 is 2.52 bits per heavy atom. The minimum absolute atomic E-state index is 0.230. The van der Waals surface area contributed by atoms with E-state index in [1.165, 1.54) is 12.1 Å². The van der Waals surface area contributed by atoms with Gasteiger partial charge >= 0.3 is 5.97 Å². The van der Waals surface area contributed by atoms with Gasteiger partial charge < -0.3 is 15.2 Å². The number of hydrogen-bond acceptors (Lipinski definition) is 3. The number of carbonyl (C=O) groups excluding carboxylic acids is 1. The molecule has 0 unspecified atom stereocenters. The van der Waals surface area contributed by atoms with Gasteiger partial charge in [-0.3, -0.25) is 4.79 Å². The average molecular weight is 456 g/mol. The minimum Gasteiger partial charge on any atom is -0.496 e. The lowest BCUT2D eigenvalue weighted by atomic mass is 10.00. The van der Waals surface area contributed by atoms with Crippen LogP contribution in [0.1, 0.15) is 21.5 Å². The van der Waals surface area contributed by atoms with Gasteiger partial charge in [-0.15, -0.1) is 0 Å². The predicted molar refractivity (Wildman–Crippen MR) is 123 cm³/mol. The molecule has 0 bridgehead atoms. The number of halogens is 2. The zero-order valence-electron chi connectivity index (χ0n) is 16.6. The number of methoxy groups -OCH3 is 1. The third-order valence-corrected chi connectivity index (χ3v) is 5.08. The number of nitrogens with one attached hydrogen (secondary N) is 1. The Labute approximate surface area is 189 Å². The third-order valence-electron chi connectivity index (χ3n) is 4.53. The summed E-state index contributed by atoms with van der Waals surface area (Å²) in [6.07, 6.45) is 2.63. The van der Waals surface area contributed by atoms with E-state index in [-0.39, 0.29) is 17.5 Å². The van der Waals surface area contributed by atoms with Crippen molar-refractivity contribution in [3.8, 4) is 16.9 Å². The van der Waals surface area contributed by atoms with Crippen LogP contribution >= 0.6 is 23.2 Å². The maximum Gasteiger partial charge on any atom is 0.328 e. The molecule has 31 heavy (non-hydrogen) atoms. The maximum absolute atomic E-state index is 12.5. The first-order valence-corrected chi connectivity index (χ1v) is 10.0. The molecule has 158 valence electrons. The summed E-state index contributed by atoms with van der Waals surface area (Å²) in [6, 6.07) is 17.8. The summed E-state index contributed by atoms with van der Waals surface area (Å²) < 4.78 is 5.43. The number of benzene rings is 3. The van der Waals surface area contributed by atoms with Crippen LogP contribution in [-0.4, -0.2) is 24.1 Å². The Morgan fingerprint density at radius 2 is 1.81 bits per heavy atom. The van der Waals surface area contributed by atoms with Crippen molar-refractivity contribution in [1.29, 1.82) is 0 Å². The number of ether oxygens (including phenoxy) is 1. The molecule has 3 aromatic carbocycles. The van der Waals surface area contributed by atoms with Crippen molar-refractivity contribution in [1.82, 2.24) is 5.32 Å². The Bertz CT molecular complexity index is 1160. The molecule has 1 amide bonds. The first-order valence-electron chi connectivity index (χ1n) is 9.29. The summed E-state index contributed by atoms with van der Waals surface area (Å²) in [7, 11) is 1.56. The van der Waals surface area contributed by atoms with Gasteiger partial charge in [0.15, 0.2) is 0 Å². The van der Waals surface area contributed by atoms with Gasteiger partial charge in [0, 0.05) is 23.2 Å². The number of carboxylic acid groups (broad SMARTS) is 1. The van der Waals surface area contributed by atoms with E-state index in [2.05, 4.69) is 5.32 Å². The Balaban J connectivity index is 1.83. The van der Waals surface area contributed by atoms with Gasteiger partial charge in [0.05, 0.1) is 17.7 Å². The predicted octanol–water partition coefficient (Wildman–Crippen LogP) is 5.70. The second kappa shape index (κ2) is 10.2. The molecule has 0 saturated heterocycles. The lowest BCUT2D eigenvalue weighted by Crippen LogP contribution is -2.23. The highest BCUT2D eigenvalue weighted by Crippen LogP contribution is 2.28. The lowest BCUT2D eigenvalue weighted by molar-refractivity contribution is -0.131. The Hall–Kier alpha value is -3.28. The lowest BCUT2D eigenvalue weighted by Gasteiger charge is -2.13. The summed E-state index contributed by atoms with van der Waals surface area (Å²) in [5.74, 6) is -0.697. The SMILES string of the molecule is COc1ccc(-c2cccc(C=CC(=O)O)c2)cc1CNC(=O)c1ccc(Cl)cc1Cl. The third kappa shape index (κ3) is 5.87. The second-order valence-corrected chi connectivity index (χ2v) is 7.47. The van der Waals surface area contributed by atoms with Crippen LogP contribution in [0.15, 0.2) is 66.7 Å². The summed E-state index contributed by atoms with van der Waals surface area (Å²) in [5.41, 5.74) is 3.69. The van der Waals surface area contributed by atoms with Crippen LogP contribution in [0.5, 0.6) is 5.75 Å². The molecule has 0 fully saturated rings. The smallest absolute Gasteiger partial charge is 0.328 e. The quantitative estimate of drug-likeness (QED) is 0.448. The highest BCUT2D eigenvalue weighted by atomic mass is 35.5. The van der Waals surface area contributed by atoms with Crippen molar-refractivity contribution in [2.75, 3.05) is 7.11 Å². The Morgan fingerprint density at radius 1 is 1.03 bits per heavy atom. The van der Waals surface area contributed by atoms with Gasteiger partial charge in [0.1, 0.15) is 5.75 Å². The highest BCUT2D eigenvalue weighted by Gasteiger charge is 2.13. The molecule has 0 aromatic heterocycles. The number of amides is 1. The topological polar surface area (TPSA) is 75.6 Å². The summed E-state index contributed by atoms with van der Waals surface area (Å²) in [6.45, 7) is 0.230. The molecule has 0 spiro atoms. The van der Waals surface area contributed by atoms with Gasteiger partial charge in [-0.2, -0.15) is 0 Å². The van der Waals surface area contributed by atoms with Gasteiger partial charge in [0.2, 0.25) is 0 Å². The highest BCUT2D eigenvalue weighted by molar-refractivity contribution is 6.36. The molecule has 0 aliphatic heterocycles. The van der Waals surface area contributed by atoms with Gasteiger partial charge in [-0.05, 0) is 59.2 Å². The van der Waals surface area contributed by atoms with E-state index in [1.54, 1.807) is 19.2 Å². The molecule has 0 heterocycles. The van der Waals surface area contributed by atoms with E-state index in [1.807, 2.05) is 42.5 Å². The maximum atomic E-state index is 12.5. The normalized spacial score (nSPS) is 10.8. The summed E-state index contributed by atoms with van der Waals surface area (Å²) in [4.78, 5) is 23.3. The van der Waals surface area contributed by atoms with Crippen LogP contribution in [-0.2, 0) is 11.3 Å². The molecular weight excluding hydrogens is 437 g/mol. The first-order chi connectivity index (χ1) is 14.9. The molecule has 3 rings (SSSR count). The number of rotatable bonds is 7. The zero-order valence-corrected chi connectivity index (χ0v) is 18.1. The van der Waals surface area contributed by atoms with E-state index in [9.17, 15) is 9.59 Å². The average Bonchev–Trinajstić information content (AvgIpc) is 2.76. The van der Waals surface area contributed by atoms with Crippen molar-refractivity contribution in [3.05, 3.63) is 93.5 Å². The minimum atomic E-state index is -1.01. The van der Waals surface area contributed by atoms with Crippen LogP contribution in [0.2, 0.25) is 10.0 Å². The van der Waals surface area contributed by atoms with Crippen LogP contribution in [0, 0.1) is 0 Å². The van der Waals surface area contributed by atoms with Crippen LogP contribution in [0.4, 0.5) is 0 Å². The van der Waals surface area contributed by atoms with E-state index >= 15 is 0 Å². The van der Waals surface area contributed by atoms with E-state index < -0.39 is 5.97 Å². The Kier molecular flexibility index (Phi) is 7.34. The molecular formula is C24H19Cl2NO4. The van der Waals surface area contributed by atoms with Crippen molar-refractivity contribution < 1.29 is 19.4 Å². The van der Waals surface area contributed by atoms with Crippen molar-refractivity contribution in [2.24, 2.45) is 0 Å². The largest absolute Gasteiger partial charge is 0.496 e. The molecule has 2 N–H and O–H groups in total. The van der Waals surface area contributed by atoms with Gasteiger partial charge in [-0.25, -0.2) is 4.79 Å². The molecule has 3 aromatic rings. The van der Waals surface area contributed by atoms with Crippen LogP contribution in [0.25, 0.3) is 17.2 Å². The molecule has 0 aliphatic rings. The number of carbonyl (C=O) groups is 2. The van der Waals surface area contributed by atoms with Crippen molar-refractivity contribution >= 4 is 41.2 Å². The summed E-state index contributed by atoms with van der Waals surface area (Å²) >= 11 is 12.0. The summed E-state index contributed by atoms with van der Waals surface area (Å²) in [5, 5.41) is 12.4.